The largest absolute Gasteiger partial charge is 0.400 e. The Hall–Kier alpha value is -3.63. The Morgan fingerprint density at radius 1 is 1.37 bits per heavy atom. The van der Waals surface area contributed by atoms with Gasteiger partial charge in [0.05, 0.1) is 17.4 Å². The second kappa shape index (κ2) is 6.94. The number of nitrogens with one attached hydrogen (secondary N) is 1. The fourth-order valence-corrected chi connectivity index (χ4v) is 2.49. The van der Waals surface area contributed by atoms with Crippen LogP contribution in [-0.2, 0) is 0 Å². The molecule has 1 amide bonds. The van der Waals surface area contributed by atoms with Crippen molar-refractivity contribution < 1.29 is 9.18 Å². The molecule has 0 aliphatic heterocycles. The van der Waals surface area contributed by atoms with E-state index in [1.165, 1.54) is 17.5 Å². The zero-order chi connectivity index (χ0) is 19.7. The summed E-state index contributed by atoms with van der Waals surface area (Å²) in [5.74, 6) is -1.14. The van der Waals surface area contributed by atoms with E-state index in [0.29, 0.717) is 17.8 Å². The van der Waals surface area contributed by atoms with Gasteiger partial charge in [-0.25, -0.2) is 14.4 Å². The summed E-state index contributed by atoms with van der Waals surface area (Å²) >= 11 is 0. The Kier molecular flexibility index (Phi) is 4.67. The number of hydrogen-bond acceptors (Lipinski definition) is 7. The monoisotopic (exact) mass is 371 g/mol. The first-order valence-electron chi connectivity index (χ1n) is 8.07. The Labute approximate surface area is 153 Å². The van der Waals surface area contributed by atoms with E-state index in [9.17, 15) is 9.18 Å². The van der Waals surface area contributed by atoms with Crippen LogP contribution in [0, 0.1) is 6.92 Å². The lowest BCUT2D eigenvalue weighted by Crippen LogP contribution is -2.15. The zero-order valence-corrected chi connectivity index (χ0v) is 15.0. The lowest BCUT2D eigenvalue weighted by Gasteiger charge is -2.01. The predicted octanol–water partition coefficient (Wildman–Crippen LogP) is 0.890. The first-order chi connectivity index (χ1) is 12.8. The molecule has 3 aromatic rings. The molecule has 11 heteroatoms. The lowest BCUT2D eigenvalue weighted by atomic mass is 10.2. The molecule has 3 rings (SSSR count). The number of aliphatic imine (C=N–C) groups is 1. The summed E-state index contributed by atoms with van der Waals surface area (Å²) in [6.45, 7) is 5.28. The van der Waals surface area contributed by atoms with Crippen molar-refractivity contribution in [1.29, 1.82) is 0 Å². The second-order valence-electron chi connectivity index (χ2n) is 5.76. The number of H-pyrrole nitrogens is 1. The van der Waals surface area contributed by atoms with Gasteiger partial charge in [0, 0.05) is 18.4 Å². The molecule has 0 saturated carbocycles. The molecule has 27 heavy (non-hydrogen) atoms. The molecule has 0 bridgehead atoms. The Morgan fingerprint density at radius 3 is 2.74 bits per heavy atom. The molecule has 3 heterocycles. The highest BCUT2D eigenvalue weighted by atomic mass is 19.1. The number of aromatic nitrogens is 6. The quantitative estimate of drug-likeness (QED) is 0.566. The van der Waals surface area contributed by atoms with E-state index < -0.39 is 11.7 Å². The summed E-state index contributed by atoms with van der Waals surface area (Å²) < 4.78 is 15.8. The third-order valence-corrected chi connectivity index (χ3v) is 3.67. The molecule has 0 spiro atoms. The van der Waals surface area contributed by atoms with Gasteiger partial charge in [0.25, 0.3) is 5.91 Å². The number of nitrogens with two attached hydrogens (primary N) is 2. The first-order valence-corrected chi connectivity index (χ1v) is 8.07. The van der Waals surface area contributed by atoms with E-state index in [1.807, 2.05) is 0 Å². The number of nitrogens with zero attached hydrogens (tertiary/aromatic N) is 6. The SMILES string of the molecule is CCN=C(C(F)=C(C)N)c1nc(-c2nc(C(N)=O)n3cc(C)ncc23)n[nH]1. The van der Waals surface area contributed by atoms with Crippen molar-refractivity contribution >= 4 is 17.1 Å². The molecule has 0 aliphatic rings. The number of rotatable bonds is 5. The molecule has 0 fully saturated rings. The molecule has 0 atom stereocenters. The molecule has 0 saturated heterocycles. The van der Waals surface area contributed by atoms with Crippen LogP contribution < -0.4 is 11.5 Å². The van der Waals surface area contributed by atoms with Gasteiger partial charge in [-0.05, 0) is 20.8 Å². The molecule has 10 nitrogen and oxygen atoms in total. The van der Waals surface area contributed by atoms with Gasteiger partial charge in [-0.3, -0.25) is 24.3 Å². The molecular formula is C16H18FN9O. The van der Waals surface area contributed by atoms with Gasteiger partial charge in [0.1, 0.15) is 11.4 Å². The number of imidazole rings is 1. The van der Waals surface area contributed by atoms with Crippen LogP contribution in [0.1, 0.15) is 36.0 Å². The fraction of sp³-hybridized carbons (Fsp3) is 0.250. The summed E-state index contributed by atoms with van der Waals surface area (Å²) in [7, 11) is 0. The number of carbonyl (C=O) groups excluding carboxylic acids is 1. The van der Waals surface area contributed by atoms with Crippen LogP contribution >= 0.6 is 0 Å². The minimum absolute atomic E-state index is 0.0168. The van der Waals surface area contributed by atoms with Crippen molar-refractivity contribution in [2.24, 2.45) is 16.5 Å². The van der Waals surface area contributed by atoms with E-state index in [4.69, 9.17) is 11.5 Å². The molecule has 0 unspecified atom stereocenters. The molecular weight excluding hydrogens is 353 g/mol. The number of fused-ring (bicyclic) bond motifs is 1. The Bertz CT molecular complexity index is 1090. The summed E-state index contributed by atoms with van der Waals surface area (Å²) in [6, 6.07) is 0. The van der Waals surface area contributed by atoms with E-state index in [1.54, 1.807) is 20.0 Å². The number of aryl methyl sites for hydroxylation is 1. The number of halogens is 1. The van der Waals surface area contributed by atoms with E-state index in [2.05, 4.69) is 30.1 Å². The Balaban J connectivity index is 2.16. The number of allylic oxidation sites excluding steroid dienone is 2. The highest BCUT2D eigenvalue weighted by molar-refractivity contribution is 6.09. The first kappa shape index (κ1) is 18.2. The van der Waals surface area contributed by atoms with Crippen molar-refractivity contribution in [3.05, 3.63) is 41.3 Å². The standard InChI is InChI=1S/C16H18FN9O/c1-4-20-12(10(17)8(3)18)15-23-14(24-25-15)11-9-5-21-7(2)6-26(9)16(22-11)13(19)27/h5-6H,4,18H2,1-3H3,(H2,19,27)(H,23,24,25). The normalized spacial score (nSPS) is 13.1. The molecule has 5 N–H and O–H groups in total. The molecule has 0 aliphatic carbocycles. The lowest BCUT2D eigenvalue weighted by molar-refractivity contribution is 0.0990. The fourth-order valence-electron chi connectivity index (χ4n) is 2.49. The van der Waals surface area contributed by atoms with Crippen LogP contribution in [0.15, 0.2) is 28.9 Å². The molecule has 3 aromatic heterocycles. The summed E-state index contributed by atoms with van der Waals surface area (Å²) in [5.41, 5.74) is 12.3. The summed E-state index contributed by atoms with van der Waals surface area (Å²) in [4.78, 5) is 28.5. The van der Waals surface area contributed by atoms with Crippen molar-refractivity contribution in [3.63, 3.8) is 0 Å². The van der Waals surface area contributed by atoms with Crippen LogP contribution in [-0.4, -0.2) is 47.7 Å². The van der Waals surface area contributed by atoms with E-state index in [-0.39, 0.29) is 34.6 Å². The molecule has 0 radical (unpaired) electrons. The minimum Gasteiger partial charge on any atom is -0.400 e. The Morgan fingerprint density at radius 2 is 2.11 bits per heavy atom. The second-order valence-corrected chi connectivity index (χ2v) is 5.76. The van der Waals surface area contributed by atoms with Gasteiger partial charge in [-0.15, -0.1) is 0 Å². The van der Waals surface area contributed by atoms with Crippen molar-refractivity contribution in [1.82, 2.24) is 29.5 Å². The van der Waals surface area contributed by atoms with Gasteiger partial charge in [0.15, 0.2) is 11.7 Å². The smallest absolute Gasteiger partial charge is 0.285 e. The summed E-state index contributed by atoms with van der Waals surface area (Å²) in [6.07, 6.45) is 3.16. The molecule has 140 valence electrons. The number of carbonyl (C=O) groups is 1. The number of amides is 1. The number of primary amides is 1. The highest BCUT2D eigenvalue weighted by Crippen LogP contribution is 2.22. The van der Waals surface area contributed by atoms with E-state index in [0.717, 1.165) is 0 Å². The third kappa shape index (κ3) is 3.26. The molecule has 0 aromatic carbocycles. The minimum atomic E-state index is -0.710. The van der Waals surface area contributed by atoms with Crippen molar-refractivity contribution in [2.75, 3.05) is 6.54 Å². The highest BCUT2D eigenvalue weighted by Gasteiger charge is 2.22. The van der Waals surface area contributed by atoms with E-state index >= 15 is 0 Å². The maximum Gasteiger partial charge on any atom is 0.285 e. The van der Waals surface area contributed by atoms with Gasteiger partial charge in [-0.1, -0.05) is 0 Å². The average Bonchev–Trinajstić information content (AvgIpc) is 3.23. The number of aromatic amines is 1. The van der Waals surface area contributed by atoms with Crippen LogP contribution in [0.4, 0.5) is 4.39 Å². The van der Waals surface area contributed by atoms with Crippen LogP contribution in [0.25, 0.3) is 17.0 Å². The maximum atomic E-state index is 14.3. The average molecular weight is 371 g/mol. The third-order valence-electron chi connectivity index (χ3n) is 3.67. The van der Waals surface area contributed by atoms with Crippen molar-refractivity contribution in [2.45, 2.75) is 20.8 Å². The van der Waals surface area contributed by atoms with Crippen LogP contribution in [0.3, 0.4) is 0 Å². The van der Waals surface area contributed by atoms with Crippen LogP contribution in [0.2, 0.25) is 0 Å². The predicted molar refractivity (Wildman–Crippen MR) is 96.7 cm³/mol. The van der Waals surface area contributed by atoms with Gasteiger partial charge in [-0.2, -0.15) is 5.10 Å². The van der Waals surface area contributed by atoms with Gasteiger partial charge >= 0.3 is 0 Å². The zero-order valence-electron chi connectivity index (χ0n) is 15.0. The van der Waals surface area contributed by atoms with Gasteiger partial charge in [0.2, 0.25) is 11.6 Å². The van der Waals surface area contributed by atoms with Crippen molar-refractivity contribution in [3.8, 4) is 11.5 Å². The topological polar surface area (TPSA) is 153 Å². The number of hydrogen-bond donors (Lipinski definition) is 3. The van der Waals surface area contributed by atoms with Gasteiger partial charge < -0.3 is 11.5 Å². The van der Waals surface area contributed by atoms with Crippen LogP contribution in [0.5, 0.6) is 0 Å². The summed E-state index contributed by atoms with van der Waals surface area (Å²) in [5, 5.41) is 6.71. The maximum absolute atomic E-state index is 14.3.